The van der Waals surface area contributed by atoms with Gasteiger partial charge in [0.15, 0.2) is 0 Å². The van der Waals surface area contributed by atoms with Gasteiger partial charge in [-0.15, -0.1) is 0 Å². The predicted octanol–water partition coefficient (Wildman–Crippen LogP) is -1.00. The van der Waals surface area contributed by atoms with Gasteiger partial charge in [-0.2, -0.15) is 0 Å². The minimum Gasteiger partial charge on any atom is -0.370 e. The normalized spacial score (nSPS) is 19.1. The van der Waals surface area contributed by atoms with E-state index in [0.717, 1.165) is 32.7 Å². The van der Waals surface area contributed by atoms with Crippen LogP contribution in [0.25, 0.3) is 0 Å². The van der Waals surface area contributed by atoms with Crippen molar-refractivity contribution < 1.29 is 9.53 Å². The van der Waals surface area contributed by atoms with Gasteiger partial charge in [0.1, 0.15) is 6.61 Å². The van der Waals surface area contributed by atoms with Crippen LogP contribution in [0.3, 0.4) is 0 Å². The van der Waals surface area contributed by atoms with Crippen LogP contribution < -0.4 is 5.32 Å². The number of ether oxygens (including phenoxy) is 1. The molecule has 0 spiro atoms. The zero-order chi connectivity index (χ0) is 11.1. The zero-order valence-electron chi connectivity index (χ0n) is 9.66. The Bertz CT molecular complexity index is 191. The molecule has 0 aromatic carbocycles. The van der Waals surface area contributed by atoms with Gasteiger partial charge in [-0.05, 0) is 7.05 Å². The SMILES string of the molecule is CNC(=O)COCCN1CCN(C)CC1. The predicted molar refractivity (Wildman–Crippen MR) is 58.8 cm³/mol. The van der Waals surface area contributed by atoms with Crippen LogP contribution in [0.4, 0.5) is 0 Å². The first-order valence-electron chi connectivity index (χ1n) is 5.41. The van der Waals surface area contributed by atoms with E-state index in [1.165, 1.54) is 0 Å². The van der Waals surface area contributed by atoms with Gasteiger partial charge in [0, 0.05) is 39.8 Å². The van der Waals surface area contributed by atoms with Crippen molar-refractivity contribution in [1.82, 2.24) is 15.1 Å². The molecule has 1 amide bonds. The average Bonchev–Trinajstić information content (AvgIpc) is 2.26. The summed E-state index contributed by atoms with van der Waals surface area (Å²) in [6, 6.07) is 0. The maximum Gasteiger partial charge on any atom is 0.245 e. The molecular weight excluding hydrogens is 194 g/mol. The summed E-state index contributed by atoms with van der Waals surface area (Å²) in [4.78, 5) is 15.5. The summed E-state index contributed by atoms with van der Waals surface area (Å²) in [5.41, 5.74) is 0. The largest absolute Gasteiger partial charge is 0.370 e. The summed E-state index contributed by atoms with van der Waals surface area (Å²) >= 11 is 0. The van der Waals surface area contributed by atoms with Gasteiger partial charge in [-0.3, -0.25) is 9.69 Å². The lowest BCUT2D eigenvalue weighted by atomic mass is 10.3. The number of carbonyl (C=O) groups is 1. The molecule has 1 heterocycles. The zero-order valence-corrected chi connectivity index (χ0v) is 9.66. The first-order valence-corrected chi connectivity index (χ1v) is 5.41. The fourth-order valence-corrected chi connectivity index (χ4v) is 1.50. The Labute approximate surface area is 91.4 Å². The Balaban J connectivity index is 1.98. The summed E-state index contributed by atoms with van der Waals surface area (Å²) < 4.78 is 5.25. The first kappa shape index (κ1) is 12.4. The van der Waals surface area contributed by atoms with E-state index in [1.54, 1.807) is 7.05 Å². The number of likely N-dealkylation sites (N-methyl/N-ethyl adjacent to an activating group) is 2. The van der Waals surface area contributed by atoms with Crippen molar-refractivity contribution in [2.45, 2.75) is 0 Å². The summed E-state index contributed by atoms with van der Waals surface area (Å²) in [6.07, 6.45) is 0. The second-order valence-electron chi connectivity index (χ2n) is 3.87. The third-order valence-corrected chi connectivity index (χ3v) is 2.66. The lowest BCUT2D eigenvalue weighted by Gasteiger charge is -2.32. The number of hydrogen-bond acceptors (Lipinski definition) is 4. The van der Waals surface area contributed by atoms with E-state index in [-0.39, 0.29) is 12.5 Å². The minimum atomic E-state index is -0.0617. The average molecular weight is 215 g/mol. The van der Waals surface area contributed by atoms with Gasteiger partial charge >= 0.3 is 0 Å². The fourth-order valence-electron chi connectivity index (χ4n) is 1.50. The minimum absolute atomic E-state index is 0.0617. The molecule has 0 bridgehead atoms. The van der Waals surface area contributed by atoms with Crippen LogP contribution in [-0.4, -0.2) is 75.7 Å². The maximum absolute atomic E-state index is 10.8. The first-order chi connectivity index (χ1) is 7.22. The van der Waals surface area contributed by atoms with Crippen molar-refractivity contribution in [3.05, 3.63) is 0 Å². The van der Waals surface area contributed by atoms with Gasteiger partial charge in [0.25, 0.3) is 0 Å². The Morgan fingerprint density at radius 2 is 2.00 bits per heavy atom. The molecule has 0 atom stereocenters. The molecule has 88 valence electrons. The quantitative estimate of drug-likeness (QED) is 0.597. The highest BCUT2D eigenvalue weighted by molar-refractivity contribution is 5.76. The smallest absolute Gasteiger partial charge is 0.245 e. The number of nitrogens with one attached hydrogen (secondary N) is 1. The summed E-state index contributed by atoms with van der Waals surface area (Å²) in [6.45, 7) is 6.16. The van der Waals surface area contributed by atoms with Gasteiger partial charge < -0.3 is 15.0 Å². The molecule has 0 saturated carbocycles. The Hall–Kier alpha value is -0.650. The summed E-state index contributed by atoms with van der Waals surface area (Å²) in [5, 5.41) is 2.52. The Morgan fingerprint density at radius 1 is 1.33 bits per heavy atom. The number of piperazine rings is 1. The molecule has 1 rings (SSSR count). The van der Waals surface area contributed by atoms with Crippen LogP contribution in [0.5, 0.6) is 0 Å². The lowest BCUT2D eigenvalue weighted by Crippen LogP contribution is -2.45. The molecule has 0 radical (unpaired) electrons. The molecule has 0 aromatic rings. The lowest BCUT2D eigenvalue weighted by molar-refractivity contribution is -0.125. The highest BCUT2D eigenvalue weighted by atomic mass is 16.5. The van der Waals surface area contributed by atoms with E-state index in [9.17, 15) is 4.79 Å². The van der Waals surface area contributed by atoms with Crippen LogP contribution in [0.2, 0.25) is 0 Å². The highest BCUT2D eigenvalue weighted by Gasteiger charge is 2.12. The van der Waals surface area contributed by atoms with E-state index >= 15 is 0 Å². The third-order valence-electron chi connectivity index (χ3n) is 2.66. The molecular formula is C10H21N3O2. The summed E-state index contributed by atoms with van der Waals surface area (Å²) in [5.74, 6) is -0.0617. The fraction of sp³-hybridized carbons (Fsp3) is 0.900. The number of rotatable bonds is 5. The second-order valence-corrected chi connectivity index (χ2v) is 3.87. The standard InChI is InChI=1S/C10H21N3O2/c1-11-10(14)9-15-8-7-13-5-3-12(2)4-6-13/h3-9H2,1-2H3,(H,11,14). The molecule has 1 saturated heterocycles. The maximum atomic E-state index is 10.8. The molecule has 5 heteroatoms. The van der Waals surface area contributed by atoms with Crippen molar-refractivity contribution in [2.24, 2.45) is 0 Å². The second kappa shape index (κ2) is 6.76. The van der Waals surface area contributed by atoms with Crippen LogP contribution in [0.1, 0.15) is 0 Å². The van der Waals surface area contributed by atoms with Crippen molar-refractivity contribution >= 4 is 5.91 Å². The van der Waals surface area contributed by atoms with Gasteiger partial charge in [-0.1, -0.05) is 0 Å². The van der Waals surface area contributed by atoms with E-state index in [1.807, 2.05) is 0 Å². The molecule has 0 aliphatic carbocycles. The molecule has 1 N–H and O–H groups in total. The molecule has 5 nitrogen and oxygen atoms in total. The van der Waals surface area contributed by atoms with Crippen LogP contribution in [-0.2, 0) is 9.53 Å². The molecule has 0 aromatic heterocycles. The van der Waals surface area contributed by atoms with Crippen LogP contribution in [0.15, 0.2) is 0 Å². The van der Waals surface area contributed by atoms with Gasteiger partial charge in [0.05, 0.1) is 6.61 Å². The Kier molecular flexibility index (Phi) is 5.60. The third kappa shape index (κ3) is 5.11. The van der Waals surface area contributed by atoms with Gasteiger partial charge in [0.2, 0.25) is 5.91 Å². The van der Waals surface area contributed by atoms with E-state index in [0.29, 0.717) is 6.61 Å². The monoisotopic (exact) mass is 215 g/mol. The van der Waals surface area contributed by atoms with E-state index in [2.05, 4.69) is 22.2 Å². The van der Waals surface area contributed by atoms with Crippen LogP contribution >= 0.6 is 0 Å². The molecule has 15 heavy (non-hydrogen) atoms. The molecule has 1 aliphatic rings. The van der Waals surface area contributed by atoms with Gasteiger partial charge in [-0.25, -0.2) is 0 Å². The number of hydrogen-bond donors (Lipinski definition) is 1. The highest BCUT2D eigenvalue weighted by Crippen LogP contribution is 1.97. The topological polar surface area (TPSA) is 44.8 Å². The van der Waals surface area contributed by atoms with Crippen LogP contribution in [0, 0.1) is 0 Å². The Morgan fingerprint density at radius 3 is 2.60 bits per heavy atom. The van der Waals surface area contributed by atoms with E-state index in [4.69, 9.17) is 4.74 Å². The number of carbonyl (C=O) groups excluding carboxylic acids is 1. The van der Waals surface area contributed by atoms with Crippen molar-refractivity contribution in [1.29, 1.82) is 0 Å². The van der Waals surface area contributed by atoms with Crippen molar-refractivity contribution in [2.75, 3.05) is 60.0 Å². The molecule has 1 aliphatic heterocycles. The molecule has 1 fully saturated rings. The van der Waals surface area contributed by atoms with E-state index < -0.39 is 0 Å². The number of amides is 1. The van der Waals surface area contributed by atoms with Crippen molar-refractivity contribution in [3.8, 4) is 0 Å². The molecule has 0 unspecified atom stereocenters. The number of nitrogens with zero attached hydrogens (tertiary/aromatic N) is 2. The summed E-state index contributed by atoms with van der Waals surface area (Å²) in [7, 11) is 3.76. The van der Waals surface area contributed by atoms with Crippen molar-refractivity contribution in [3.63, 3.8) is 0 Å².